The molecule has 0 unspecified atom stereocenters. The first-order chi connectivity index (χ1) is 7.27. The fraction of sp³-hybridized carbons (Fsp3) is 0.667. The average molecular weight is 218 g/mol. The van der Waals surface area contributed by atoms with E-state index in [1.165, 1.54) is 11.1 Å². The van der Waals surface area contributed by atoms with Crippen molar-refractivity contribution in [1.29, 1.82) is 0 Å². The second-order valence-corrected chi connectivity index (χ2v) is 6.43. The number of rotatable bonds is 0. The number of ketones is 1. The Morgan fingerprint density at radius 1 is 1.19 bits per heavy atom. The van der Waals surface area contributed by atoms with E-state index in [2.05, 4.69) is 40.7 Å². The van der Waals surface area contributed by atoms with Crippen molar-refractivity contribution in [3.8, 4) is 0 Å². The Hall–Kier alpha value is -0.850. The zero-order valence-electron chi connectivity index (χ0n) is 11.1. The molecule has 0 radical (unpaired) electrons. The van der Waals surface area contributed by atoms with Crippen molar-refractivity contribution in [3.05, 3.63) is 23.3 Å². The highest BCUT2D eigenvalue weighted by Gasteiger charge is 2.50. The van der Waals surface area contributed by atoms with Crippen LogP contribution in [0, 0.1) is 16.7 Å². The van der Waals surface area contributed by atoms with E-state index in [-0.39, 0.29) is 10.8 Å². The maximum Gasteiger partial charge on any atom is 0.161 e. The Kier molecular flexibility index (Phi) is 2.41. The Morgan fingerprint density at radius 2 is 1.81 bits per heavy atom. The molecule has 0 fully saturated rings. The van der Waals surface area contributed by atoms with Gasteiger partial charge in [0.05, 0.1) is 0 Å². The zero-order valence-corrected chi connectivity index (χ0v) is 11.1. The summed E-state index contributed by atoms with van der Waals surface area (Å²) >= 11 is 0. The fourth-order valence-electron chi connectivity index (χ4n) is 3.47. The molecule has 0 aliphatic heterocycles. The lowest BCUT2D eigenvalue weighted by atomic mass is 9.53. The van der Waals surface area contributed by atoms with E-state index in [9.17, 15) is 4.79 Å². The van der Waals surface area contributed by atoms with E-state index in [1.54, 1.807) is 0 Å². The standard InChI is InChI=1S/C15H22O/c1-10-8-12-14(3,4)7-6-13(16)15(12,5)9-11(10)2/h6-7,12H,8-9H2,1-5H3/t12-,15-/m1/s1. The van der Waals surface area contributed by atoms with Crippen LogP contribution in [0.5, 0.6) is 0 Å². The SMILES string of the molecule is CC1=C(C)C[C@@]2(C)C(=O)C=CC(C)(C)[C@H]2C1. The molecule has 2 aliphatic carbocycles. The third kappa shape index (κ3) is 1.49. The molecule has 2 atom stereocenters. The van der Waals surface area contributed by atoms with Crippen LogP contribution in [0.25, 0.3) is 0 Å². The largest absolute Gasteiger partial charge is 0.294 e. The van der Waals surface area contributed by atoms with Crippen molar-refractivity contribution in [2.24, 2.45) is 16.7 Å². The van der Waals surface area contributed by atoms with Gasteiger partial charge in [0.15, 0.2) is 5.78 Å². The van der Waals surface area contributed by atoms with Crippen LogP contribution >= 0.6 is 0 Å². The third-order valence-electron chi connectivity index (χ3n) is 4.77. The van der Waals surface area contributed by atoms with Crippen molar-refractivity contribution in [1.82, 2.24) is 0 Å². The van der Waals surface area contributed by atoms with E-state index in [0.717, 1.165) is 12.8 Å². The highest BCUT2D eigenvalue weighted by atomic mass is 16.1. The summed E-state index contributed by atoms with van der Waals surface area (Å²) in [5.41, 5.74) is 2.88. The number of carbonyl (C=O) groups excluding carboxylic acids is 1. The van der Waals surface area contributed by atoms with Gasteiger partial charge in [0.1, 0.15) is 0 Å². The van der Waals surface area contributed by atoms with Gasteiger partial charge in [-0.2, -0.15) is 0 Å². The van der Waals surface area contributed by atoms with Crippen molar-refractivity contribution < 1.29 is 4.79 Å². The van der Waals surface area contributed by atoms with Gasteiger partial charge in [-0.3, -0.25) is 4.79 Å². The minimum atomic E-state index is -0.165. The molecule has 0 amide bonds. The van der Waals surface area contributed by atoms with Gasteiger partial charge in [-0.25, -0.2) is 0 Å². The Labute approximate surface area is 98.6 Å². The lowest BCUT2D eigenvalue weighted by Gasteiger charge is -2.50. The highest BCUT2D eigenvalue weighted by molar-refractivity contribution is 5.96. The van der Waals surface area contributed by atoms with Gasteiger partial charge in [-0.05, 0) is 44.1 Å². The lowest BCUT2D eigenvalue weighted by molar-refractivity contribution is -0.130. The number of hydrogen-bond donors (Lipinski definition) is 0. The van der Waals surface area contributed by atoms with Gasteiger partial charge in [-0.1, -0.05) is 38.0 Å². The molecule has 1 heteroatoms. The number of hydrogen-bond acceptors (Lipinski definition) is 1. The van der Waals surface area contributed by atoms with Crippen LogP contribution in [0.3, 0.4) is 0 Å². The van der Waals surface area contributed by atoms with Gasteiger partial charge < -0.3 is 0 Å². The predicted octanol–water partition coefficient (Wildman–Crippen LogP) is 3.90. The van der Waals surface area contributed by atoms with Gasteiger partial charge in [0.2, 0.25) is 0 Å². The summed E-state index contributed by atoms with van der Waals surface area (Å²) in [6.45, 7) is 11.1. The summed E-state index contributed by atoms with van der Waals surface area (Å²) < 4.78 is 0. The van der Waals surface area contributed by atoms with Crippen molar-refractivity contribution in [2.45, 2.75) is 47.5 Å². The van der Waals surface area contributed by atoms with Crippen LogP contribution in [0.15, 0.2) is 23.3 Å². The molecule has 0 saturated carbocycles. The summed E-state index contributed by atoms with van der Waals surface area (Å²) in [6, 6.07) is 0. The maximum atomic E-state index is 12.2. The summed E-state index contributed by atoms with van der Waals surface area (Å²) in [7, 11) is 0. The van der Waals surface area contributed by atoms with Crippen LogP contribution in [0.2, 0.25) is 0 Å². The molecule has 1 nitrogen and oxygen atoms in total. The second-order valence-electron chi connectivity index (χ2n) is 6.43. The monoisotopic (exact) mass is 218 g/mol. The number of carbonyl (C=O) groups is 1. The lowest BCUT2D eigenvalue weighted by Crippen LogP contribution is -2.47. The molecule has 0 aromatic rings. The van der Waals surface area contributed by atoms with Crippen LogP contribution in [-0.2, 0) is 4.79 Å². The second kappa shape index (κ2) is 3.32. The average Bonchev–Trinajstić information content (AvgIpc) is 2.18. The molecule has 0 saturated heterocycles. The number of allylic oxidation sites excluding steroid dienone is 4. The topological polar surface area (TPSA) is 17.1 Å². The van der Waals surface area contributed by atoms with Gasteiger partial charge in [0, 0.05) is 5.41 Å². The smallest absolute Gasteiger partial charge is 0.161 e. The predicted molar refractivity (Wildman–Crippen MR) is 67.1 cm³/mol. The van der Waals surface area contributed by atoms with E-state index in [4.69, 9.17) is 0 Å². The third-order valence-corrected chi connectivity index (χ3v) is 4.77. The fourth-order valence-corrected chi connectivity index (χ4v) is 3.47. The molecule has 0 heterocycles. The molecule has 0 bridgehead atoms. The minimum absolute atomic E-state index is 0.143. The van der Waals surface area contributed by atoms with Gasteiger partial charge in [-0.15, -0.1) is 0 Å². The molecule has 0 spiro atoms. The van der Waals surface area contributed by atoms with Crippen LogP contribution in [0.1, 0.15) is 47.5 Å². The van der Waals surface area contributed by atoms with Crippen molar-refractivity contribution in [2.75, 3.05) is 0 Å². The van der Waals surface area contributed by atoms with E-state index < -0.39 is 0 Å². The Balaban J connectivity index is 2.51. The first kappa shape index (κ1) is 11.6. The highest BCUT2D eigenvalue weighted by Crippen LogP contribution is 2.54. The molecule has 2 rings (SSSR count). The summed E-state index contributed by atoms with van der Waals surface area (Å²) in [6.07, 6.45) is 5.93. The quantitative estimate of drug-likeness (QED) is 0.563. The van der Waals surface area contributed by atoms with Crippen LogP contribution < -0.4 is 0 Å². The maximum absolute atomic E-state index is 12.2. The van der Waals surface area contributed by atoms with Crippen molar-refractivity contribution >= 4 is 5.78 Å². The van der Waals surface area contributed by atoms with Crippen LogP contribution in [-0.4, -0.2) is 5.78 Å². The van der Waals surface area contributed by atoms with Gasteiger partial charge in [0.25, 0.3) is 0 Å². The molecule has 88 valence electrons. The summed E-state index contributed by atoms with van der Waals surface area (Å²) in [4.78, 5) is 12.2. The first-order valence-electron chi connectivity index (χ1n) is 6.16. The molecule has 0 aromatic carbocycles. The van der Waals surface area contributed by atoms with E-state index in [1.807, 2.05) is 6.08 Å². The normalized spacial score (nSPS) is 37.6. The minimum Gasteiger partial charge on any atom is -0.294 e. The number of fused-ring (bicyclic) bond motifs is 1. The molecule has 0 N–H and O–H groups in total. The van der Waals surface area contributed by atoms with Crippen LogP contribution in [0.4, 0.5) is 0 Å². The first-order valence-corrected chi connectivity index (χ1v) is 6.16. The molecule has 16 heavy (non-hydrogen) atoms. The van der Waals surface area contributed by atoms with Gasteiger partial charge >= 0.3 is 0 Å². The molecular formula is C15H22O. The Morgan fingerprint density at radius 3 is 2.44 bits per heavy atom. The Bertz CT molecular complexity index is 398. The molecule has 0 aromatic heterocycles. The summed E-state index contributed by atoms with van der Waals surface area (Å²) in [5, 5.41) is 0. The van der Waals surface area contributed by atoms with E-state index >= 15 is 0 Å². The summed E-state index contributed by atoms with van der Waals surface area (Å²) in [5.74, 6) is 0.782. The van der Waals surface area contributed by atoms with E-state index in [0.29, 0.717) is 11.7 Å². The molecular weight excluding hydrogens is 196 g/mol. The zero-order chi connectivity index (χ0) is 12.1. The van der Waals surface area contributed by atoms with Crippen molar-refractivity contribution in [3.63, 3.8) is 0 Å². The molecule has 2 aliphatic rings.